The largest absolute Gasteiger partial charge is 0.368 e. The van der Waals surface area contributed by atoms with Crippen LogP contribution in [0.2, 0.25) is 0 Å². The van der Waals surface area contributed by atoms with Crippen molar-refractivity contribution in [3.05, 3.63) is 48.6 Å². The average molecular weight is 290 g/mol. The molecule has 21 heavy (non-hydrogen) atoms. The van der Waals surface area contributed by atoms with Gasteiger partial charge in [-0.3, -0.25) is 0 Å². The minimum atomic E-state index is -0.622. The molecule has 0 spiro atoms. The van der Waals surface area contributed by atoms with Crippen molar-refractivity contribution < 1.29 is 18.9 Å². The van der Waals surface area contributed by atoms with Crippen LogP contribution in [0.4, 0.5) is 0 Å². The lowest BCUT2D eigenvalue weighted by Crippen LogP contribution is -2.36. The van der Waals surface area contributed by atoms with Crippen LogP contribution in [-0.4, -0.2) is 30.4 Å². The zero-order chi connectivity index (χ0) is 14.9. The first-order valence-corrected chi connectivity index (χ1v) is 7.36. The molecule has 0 radical (unpaired) electrons. The number of rotatable bonds is 5. The van der Waals surface area contributed by atoms with Crippen LogP contribution in [0.25, 0.3) is 0 Å². The number of hydrogen-bond donors (Lipinski definition) is 0. The van der Waals surface area contributed by atoms with E-state index in [1.165, 1.54) is 0 Å². The van der Waals surface area contributed by atoms with Crippen molar-refractivity contribution in [1.29, 1.82) is 0 Å². The first kappa shape index (κ1) is 14.7. The van der Waals surface area contributed by atoms with Gasteiger partial charge in [0.2, 0.25) is 0 Å². The third-order valence-corrected chi connectivity index (χ3v) is 3.77. The number of fused-ring (bicyclic) bond motifs is 1. The summed E-state index contributed by atoms with van der Waals surface area (Å²) in [7, 11) is 0. The van der Waals surface area contributed by atoms with Gasteiger partial charge in [-0.2, -0.15) is 0 Å². The van der Waals surface area contributed by atoms with Crippen LogP contribution in [0.5, 0.6) is 0 Å². The van der Waals surface area contributed by atoms with E-state index in [2.05, 4.69) is 6.58 Å². The van der Waals surface area contributed by atoms with Crippen molar-refractivity contribution in [1.82, 2.24) is 0 Å². The first-order valence-electron chi connectivity index (χ1n) is 7.36. The van der Waals surface area contributed by atoms with Crippen molar-refractivity contribution in [2.24, 2.45) is 0 Å². The Kier molecular flexibility index (Phi) is 4.13. The van der Waals surface area contributed by atoms with E-state index >= 15 is 0 Å². The van der Waals surface area contributed by atoms with Crippen molar-refractivity contribution in [2.75, 3.05) is 0 Å². The zero-order valence-corrected chi connectivity index (χ0v) is 12.5. The molecule has 4 heteroatoms. The molecule has 2 saturated heterocycles. The first-order chi connectivity index (χ1) is 10.1. The van der Waals surface area contributed by atoms with Crippen LogP contribution in [0.3, 0.4) is 0 Å². The van der Waals surface area contributed by atoms with Gasteiger partial charge < -0.3 is 18.9 Å². The highest BCUT2D eigenvalue weighted by Gasteiger charge is 2.54. The van der Waals surface area contributed by atoms with Gasteiger partial charge in [0.05, 0.1) is 12.7 Å². The maximum Gasteiger partial charge on any atom is 0.190 e. The summed E-state index contributed by atoms with van der Waals surface area (Å²) in [5, 5.41) is 0. The average Bonchev–Trinajstić information content (AvgIpc) is 2.90. The fourth-order valence-corrected chi connectivity index (χ4v) is 2.87. The van der Waals surface area contributed by atoms with Crippen LogP contribution in [0.15, 0.2) is 43.0 Å². The molecule has 2 heterocycles. The molecule has 0 amide bonds. The van der Waals surface area contributed by atoms with Crippen molar-refractivity contribution in [3.63, 3.8) is 0 Å². The molecule has 2 aliphatic heterocycles. The lowest BCUT2D eigenvalue weighted by Gasteiger charge is -2.25. The van der Waals surface area contributed by atoms with Gasteiger partial charge in [0.15, 0.2) is 12.1 Å². The maximum atomic E-state index is 6.08. The number of hydrogen-bond acceptors (Lipinski definition) is 4. The molecular weight excluding hydrogens is 268 g/mol. The summed E-state index contributed by atoms with van der Waals surface area (Å²) in [6.45, 7) is 8.11. The maximum absolute atomic E-state index is 6.08. The summed E-state index contributed by atoms with van der Waals surface area (Å²) in [6, 6.07) is 10.1. The molecule has 114 valence electrons. The van der Waals surface area contributed by atoms with Crippen LogP contribution >= 0.6 is 0 Å². The van der Waals surface area contributed by atoms with E-state index in [1.54, 1.807) is 0 Å². The molecule has 3 rings (SSSR count). The summed E-state index contributed by atoms with van der Waals surface area (Å²) in [5.74, 6) is -0.622. The van der Waals surface area contributed by atoms with E-state index in [1.807, 2.05) is 50.3 Å². The molecule has 2 aliphatic rings. The normalized spacial score (nSPS) is 33.8. The molecule has 4 nitrogen and oxygen atoms in total. The minimum absolute atomic E-state index is 0.0719. The van der Waals surface area contributed by atoms with Crippen molar-refractivity contribution in [2.45, 2.75) is 57.3 Å². The monoisotopic (exact) mass is 290 g/mol. The highest BCUT2D eigenvalue weighted by molar-refractivity contribution is 5.13. The van der Waals surface area contributed by atoms with Gasteiger partial charge in [0.25, 0.3) is 0 Å². The van der Waals surface area contributed by atoms with E-state index in [4.69, 9.17) is 18.9 Å². The molecule has 0 bridgehead atoms. The third-order valence-electron chi connectivity index (χ3n) is 3.77. The topological polar surface area (TPSA) is 36.9 Å². The minimum Gasteiger partial charge on any atom is -0.368 e. The van der Waals surface area contributed by atoms with Crippen molar-refractivity contribution >= 4 is 0 Å². The van der Waals surface area contributed by atoms with Gasteiger partial charge >= 0.3 is 0 Å². The van der Waals surface area contributed by atoms with E-state index in [-0.39, 0.29) is 24.6 Å². The highest BCUT2D eigenvalue weighted by Crippen LogP contribution is 2.39. The second-order valence-electron chi connectivity index (χ2n) is 5.93. The molecule has 1 aromatic rings. The van der Waals surface area contributed by atoms with Crippen LogP contribution in [-0.2, 0) is 25.6 Å². The van der Waals surface area contributed by atoms with E-state index in [0.717, 1.165) is 12.0 Å². The predicted molar refractivity (Wildman–Crippen MR) is 78.5 cm³/mol. The van der Waals surface area contributed by atoms with Gasteiger partial charge in [-0.1, -0.05) is 36.4 Å². The van der Waals surface area contributed by atoms with E-state index in [9.17, 15) is 0 Å². The second kappa shape index (κ2) is 5.89. The van der Waals surface area contributed by atoms with Crippen LogP contribution < -0.4 is 0 Å². The summed E-state index contributed by atoms with van der Waals surface area (Å²) < 4.78 is 23.7. The summed E-state index contributed by atoms with van der Waals surface area (Å²) in [4.78, 5) is 0. The Balaban J connectivity index is 1.68. The molecule has 2 fully saturated rings. The van der Waals surface area contributed by atoms with Gasteiger partial charge in [-0.25, -0.2) is 0 Å². The zero-order valence-electron chi connectivity index (χ0n) is 12.5. The highest BCUT2D eigenvalue weighted by atomic mass is 16.8. The van der Waals surface area contributed by atoms with Crippen molar-refractivity contribution in [3.8, 4) is 0 Å². The van der Waals surface area contributed by atoms with Gasteiger partial charge in [0.1, 0.15) is 12.2 Å². The Morgan fingerprint density at radius 2 is 2.00 bits per heavy atom. The van der Waals surface area contributed by atoms with Gasteiger partial charge in [-0.05, 0) is 25.8 Å². The molecule has 4 unspecified atom stereocenters. The molecule has 0 N–H and O–H groups in total. The predicted octanol–water partition coefficient (Wildman–Crippen LogP) is 3.02. The lowest BCUT2D eigenvalue weighted by molar-refractivity contribution is -0.218. The molecule has 0 aromatic heterocycles. The molecule has 4 atom stereocenters. The third kappa shape index (κ3) is 3.19. The number of ether oxygens (including phenoxy) is 4. The van der Waals surface area contributed by atoms with E-state index in [0.29, 0.717) is 6.61 Å². The standard InChI is InChI=1S/C17H22O4/c1-4-8-13-14(18-11-12-9-6-5-7-10-12)15-16(19-13)21-17(2,3)20-15/h4-7,9-10,13-16H,1,8,11H2,2-3H3. The Hall–Kier alpha value is -1.20. The quantitative estimate of drug-likeness (QED) is 0.781. The molecule has 1 aromatic carbocycles. The SMILES string of the molecule is C=CCC1OC2OC(C)(C)OC2C1OCc1ccccc1. The summed E-state index contributed by atoms with van der Waals surface area (Å²) in [5.41, 5.74) is 1.14. The fraction of sp³-hybridized carbons (Fsp3) is 0.529. The summed E-state index contributed by atoms with van der Waals surface area (Å²) in [6.07, 6.45) is 1.81. The second-order valence-corrected chi connectivity index (χ2v) is 5.93. The molecule has 0 saturated carbocycles. The van der Waals surface area contributed by atoms with Crippen LogP contribution in [0, 0.1) is 0 Å². The van der Waals surface area contributed by atoms with Gasteiger partial charge in [-0.15, -0.1) is 6.58 Å². The van der Waals surface area contributed by atoms with E-state index < -0.39 is 5.79 Å². The van der Waals surface area contributed by atoms with Crippen LogP contribution in [0.1, 0.15) is 25.8 Å². The Morgan fingerprint density at radius 3 is 2.71 bits per heavy atom. The lowest BCUT2D eigenvalue weighted by atomic mass is 10.1. The Bertz CT molecular complexity index is 485. The molecular formula is C17H22O4. The fourth-order valence-electron chi connectivity index (χ4n) is 2.87. The smallest absolute Gasteiger partial charge is 0.190 e. The Morgan fingerprint density at radius 1 is 1.24 bits per heavy atom. The number of benzene rings is 1. The summed E-state index contributed by atoms with van der Waals surface area (Å²) >= 11 is 0. The Labute approximate surface area is 125 Å². The molecule has 0 aliphatic carbocycles. The van der Waals surface area contributed by atoms with Gasteiger partial charge in [0, 0.05) is 0 Å².